The maximum absolute atomic E-state index is 10.4. The fourth-order valence-corrected chi connectivity index (χ4v) is 0.553. The number of ketones is 1. The minimum absolute atomic E-state index is 0.0509. The summed E-state index contributed by atoms with van der Waals surface area (Å²) in [5.41, 5.74) is 0. The van der Waals surface area contributed by atoms with Gasteiger partial charge in [-0.1, -0.05) is 0 Å². The van der Waals surface area contributed by atoms with Gasteiger partial charge in [-0.15, -0.1) is 0 Å². The van der Waals surface area contributed by atoms with Crippen LogP contribution in [0.1, 0.15) is 6.92 Å². The molecule has 0 radical (unpaired) electrons. The van der Waals surface area contributed by atoms with E-state index in [0.717, 1.165) is 0 Å². The van der Waals surface area contributed by atoms with Crippen LogP contribution in [-0.2, 0) is 9.22 Å². The van der Waals surface area contributed by atoms with Crippen LogP contribution in [0.4, 0.5) is 0 Å². The van der Waals surface area contributed by atoms with Crippen molar-refractivity contribution in [2.24, 2.45) is 0 Å². The summed E-state index contributed by atoms with van der Waals surface area (Å²) in [5.74, 6) is 0.0509. The van der Waals surface area contributed by atoms with Gasteiger partial charge in [0.05, 0.1) is 0 Å². The monoisotopic (exact) mass is 111 g/mol. The standard InChI is InChI=1S/C6H7O2/c1-5(7)6-3-2-4-8-6/h2-4,6H,1H3/q+1. The Hall–Kier alpha value is -0.920. The van der Waals surface area contributed by atoms with Crippen LogP contribution in [0.15, 0.2) is 12.2 Å². The van der Waals surface area contributed by atoms with E-state index in [4.69, 9.17) is 4.42 Å². The molecule has 2 heteroatoms. The van der Waals surface area contributed by atoms with E-state index in [2.05, 4.69) is 0 Å². The third kappa shape index (κ3) is 0.832. The van der Waals surface area contributed by atoms with Crippen LogP contribution < -0.4 is 0 Å². The number of allylic oxidation sites excluding steroid dienone is 1. The zero-order valence-electron chi connectivity index (χ0n) is 4.63. The molecule has 1 rings (SSSR count). The second kappa shape index (κ2) is 1.90. The number of carbonyl (C=O) groups excluding carboxylic acids is 2. The molecule has 42 valence electrons. The van der Waals surface area contributed by atoms with Crippen molar-refractivity contribution in [1.82, 2.24) is 0 Å². The molecular formula is C6H7O2+. The highest BCUT2D eigenvalue weighted by molar-refractivity contribution is 5.85. The largest absolute Gasteiger partial charge is 0.347 e. The molecule has 1 unspecified atom stereocenters. The van der Waals surface area contributed by atoms with Gasteiger partial charge in [-0.25, -0.2) is 4.42 Å². The van der Waals surface area contributed by atoms with Crippen LogP contribution in [0.5, 0.6) is 0 Å². The fraction of sp³-hybridized carbons (Fsp3) is 0.333. The number of Topliss-reactive ketones (excluding diaryl/α,β-unsaturated/α-hetero) is 1. The molecule has 0 fully saturated rings. The number of hydrogen-bond donors (Lipinski definition) is 0. The van der Waals surface area contributed by atoms with Crippen LogP contribution in [0.3, 0.4) is 0 Å². The van der Waals surface area contributed by atoms with E-state index in [9.17, 15) is 4.79 Å². The van der Waals surface area contributed by atoms with Gasteiger partial charge in [-0.2, -0.15) is 0 Å². The summed E-state index contributed by atoms with van der Waals surface area (Å²) in [4.78, 5) is 10.4. The van der Waals surface area contributed by atoms with Crippen molar-refractivity contribution in [2.75, 3.05) is 0 Å². The lowest BCUT2D eigenvalue weighted by atomic mass is 10.2. The summed E-state index contributed by atoms with van der Waals surface area (Å²) >= 11 is 0. The third-order valence-corrected chi connectivity index (χ3v) is 0.990. The minimum atomic E-state index is -0.310. The molecule has 8 heavy (non-hydrogen) atoms. The Morgan fingerprint density at radius 1 is 1.75 bits per heavy atom. The van der Waals surface area contributed by atoms with Crippen molar-refractivity contribution in [1.29, 1.82) is 0 Å². The summed E-state index contributed by atoms with van der Waals surface area (Å²) in [5, 5.41) is 0. The highest BCUT2D eigenvalue weighted by Crippen LogP contribution is 1.94. The minimum Gasteiger partial charge on any atom is -0.289 e. The second-order valence-corrected chi connectivity index (χ2v) is 1.69. The maximum Gasteiger partial charge on any atom is 0.347 e. The number of hydrogen-bond acceptors (Lipinski definition) is 1. The highest BCUT2D eigenvalue weighted by atomic mass is 16.4. The van der Waals surface area contributed by atoms with Crippen molar-refractivity contribution in [3.8, 4) is 0 Å². The molecule has 0 aromatic carbocycles. The van der Waals surface area contributed by atoms with Crippen molar-refractivity contribution in [3.05, 3.63) is 12.2 Å². The molecule has 2 nitrogen and oxygen atoms in total. The Bertz CT molecular complexity index is 144. The van der Waals surface area contributed by atoms with Gasteiger partial charge in [0.25, 0.3) is 0 Å². The maximum atomic E-state index is 10.4. The topological polar surface area (TPSA) is 28.4 Å². The highest BCUT2D eigenvalue weighted by Gasteiger charge is 2.21. The first-order valence-electron chi connectivity index (χ1n) is 2.46. The number of rotatable bonds is 1. The predicted octanol–water partition coefficient (Wildman–Crippen LogP) is 0.248. The quantitative estimate of drug-likeness (QED) is 0.352. The first-order valence-corrected chi connectivity index (χ1v) is 2.46. The van der Waals surface area contributed by atoms with Gasteiger partial charge in [0.1, 0.15) is 0 Å². The Labute approximate surface area is 47.5 Å². The smallest absolute Gasteiger partial charge is 0.289 e. The van der Waals surface area contributed by atoms with E-state index in [0.29, 0.717) is 0 Å². The molecule has 0 N–H and O–H groups in total. The van der Waals surface area contributed by atoms with Crippen molar-refractivity contribution < 1.29 is 9.22 Å². The molecule has 0 saturated carbocycles. The molecule has 1 aliphatic heterocycles. The molecule has 1 heterocycles. The first kappa shape index (κ1) is 5.22. The molecular weight excluding hydrogens is 104 g/mol. The van der Waals surface area contributed by atoms with Gasteiger partial charge in [0.15, 0.2) is 0 Å². The van der Waals surface area contributed by atoms with E-state index in [-0.39, 0.29) is 11.9 Å². The summed E-state index contributed by atoms with van der Waals surface area (Å²) < 4.78 is 4.83. The lowest BCUT2D eigenvalue weighted by molar-refractivity contribution is -0.463. The average Bonchev–Trinajstić information content (AvgIpc) is 2.12. The van der Waals surface area contributed by atoms with Crippen molar-refractivity contribution in [3.63, 3.8) is 0 Å². The molecule has 0 aromatic rings. The van der Waals surface area contributed by atoms with Crippen LogP contribution >= 0.6 is 0 Å². The zero-order chi connectivity index (χ0) is 5.98. The van der Waals surface area contributed by atoms with Crippen molar-refractivity contribution in [2.45, 2.75) is 13.0 Å². The molecule has 1 aliphatic rings. The van der Waals surface area contributed by atoms with E-state index >= 15 is 0 Å². The molecule has 1 atom stereocenters. The predicted molar refractivity (Wildman–Crippen MR) is 29.7 cm³/mol. The van der Waals surface area contributed by atoms with Crippen LogP contribution in [0.2, 0.25) is 0 Å². The van der Waals surface area contributed by atoms with Crippen LogP contribution in [0, 0.1) is 0 Å². The summed E-state index contributed by atoms with van der Waals surface area (Å²) in [6.45, 7) is 1.51. The Kier molecular flexibility index (Phi) is 1.24. The molecule has 0 amide bonds. The first-order chi connectivity index (χ1) is 3.80. The average molecular weight is 111 g/mol. The van der Waals surface area contributed by atoms with Gasteiger partial charge in [-0.3, -0.25) is 4.79 Å². The zero-order valence-corrected chi connectivity index (χ0v) is 4.63. The Morgan fingerprint density at radius 3 is 2.75 bits per heavy atom. The van der Waals surface area contributed by atoms with E-state index in [1.807, 2.05) is 0 Å². The molecule has 0 aromatic heterocycles. The molecule has 0 bridgehead atoms. The van der Waals surface area contributed by atoms with E-state index in [1.165, 1.54) is 13.2 Å². The van der Waals surface area contributed by atoms with Crippen LogP contribution in [0.25, 0.3) is 0 Å². The molecule has 0 spiro atoms. The van der Waals surface area contributed by atoms with Crippen molar-refractivity contribution >= 4 is 12.1 Å². The van der Waals surface area contributed by atoms with Gasteiger partial charge >= 0.3 is 12.4 Å². The van der Waals surface area contributed by atoms with Gasteiger partial charge in [0, 0.05) is 19.1 Å². The third-order valence-electron chi connectivity index (χ3n) is 0.990. The Morgan fingerprint density at radius 2 is 2.50 bits per heavy atom. The van der Waals surface area contributed by atoms with Gasteiger partial charge in [0.2, 0.25) is 5.78 Å². The summed E-state index contributed by atoms with van der Waals surface area (Å²) in [6, 6.07) is 0. The second-order valence-electron chi connectivity index (χ2n) is 1.69. The normalized spacial score (nSPS) is 24.4. The lowest BCUT2D eigenvalue weighted by Crippen LogP contribution is -2.12. The number of aldehydes is 1. The van der Waals surface area contributed by atoms with E-state index < -0.39 is 0 Å². The van der Waals surface area contributed by atoms with Gasteiger partial charge in [-0.05, 0) is 0 Å². The molecule has 0 aliphatic carbocycles. The van der Waals surface area contributed by atoms with E-state index in [1.54, 1.807) is 12.2 Å². The number of carbonyl (C=O) groups is 1. The lowest BCUT2D eigenvalue weighted by Gasteiger charge is -1.81. The summed E-state index contributed by atoms with van der Waals surface area (Å²) in [7, 11) is 0. The van der Waals surface area contributed by atoms with Gasteiger partial charge < -0.3 is 0 Å². The molecule has 0 saturated heterocycles. The SMILES string of the molecule is CC(=O)C1C=CC=[O+]1. The Balaban J connectivity index is 2.62. The van der Waals surface area contributed by atoms with Crippen LogP contribution in [-0.4, -0.2) is 18.2 Å². The summed E-state index contributed by atoms with van der Waals surface area (Å²) in [6.07, 6.45) is 4.66. The fourth-order valence-electron chi connectivity index (χ4n) is 0.553.